The van der Waals surface area contributed by atoms with Gasteiger partial charge in [0.25, 0.3) is 0 Å². The Kier molecular flexibility index (Phi) is 5.56. The third kappa shape index (κ3) is 4.70. The molecule has 1 heterocycles. The third-order valence-corrected chi connectivity index (χ3v) is 3.35. The Labute approximate surface area is 126 Å². The molecule has 1 aromatic carbocycles. The molecular weight excluding hydrogens is 264 g/mol. The highest BCUT2D eigenvalue weighted by atomic mass is 16.3. The summed E-state index contributed by atoms with van der Waals surface area (Å²) in [5.41, 5.74) is 1.07. The molecule has 2 N–H and O–H groups in total. The number of rotatable bonds is 7. The van der Waals surface area contributed by atoms with E-state index in [1.807, 2.05) is 68.4 Å². The Bertz CT molecular complexity index is 537. The lowest BCUT2D eigenvalue weighted by Gasteiger charge is -2.18. The first-order valence-corrected chi connectivity index (χ1v) is 7.27. The van der Waals surface area contributed by atoms with Gasteiger partial charge in [0.15, 0.2) is 0 Å². The fraction of sp³-hybridized carbons (Fsp3) is 0.412. The van der Waals surface area contributed by atoms with Gasteiger partial charge in [-0.25, -0.2) is 0 Å². The van der Waals surface area contributed by atoms with Crippen molar-refractivity contribution in [1.29, 1.82) is 0 Å². The van der Waals surface area contributed by atoms with Crippen molar-refractivity contribution in [3.63, 3.8) is 0 Å². The summed E-state index contributed by atoms with van der Waals surface area (Å²) in [6.45, 7) is 3.23. The number of aliphatic hydroxyl groups is 1. The number of benzene rings is 1. The molecule has 114 valence electrons. The van der Waals surface area contributed by atoms with Crippen molar-refractivity contribution in [2.45, 2.75) is 19.1 Å². The van der Waals surface area contributed by atoms with Crippen molar-refractivity contribution in [3.8, 4) is 11.3 Å². The van der Waals surface area contributed by atoms with Gasteiger partial charge in [0.2, 0.25) is 0 Å². The molecule has 0 saturated heterocycles. The summed E-state index contributed by atoms with van der Waals surface area (Å²) in [5.74, 6) is 1.75. The fourth-order valence-electron chi connectivity index (χ4n) is 2.24. The topological polar surface area (TPSA) is 48.6 Å². The van der Waals surface area contributed by atoms with Crippen LogP contribution in [0.5, 0.6) is 0 Å². The van der Waals surface area contributed by atoms with E-state index in [2.05, 4.69) is 5.32 Å². The lowest BCUT2D eigenvalue weighted by Crippen LogP contribution is -2.35. The molecule has 1 aromatic heterocycles. The SMILES string of the molecule is CC(NCC(O)CN(C)C)c1ccc(-c2ccccc2)o1. The Morgan fingerprint density at radius 1 is 1.14 bits per heavy atom. The van der Waals surface area contributed by atoms with E-state index in [0.29, 0.717) is 13.1 Å². The lowest BCUT2D eigenvalue weighted by molar-refractivity contribution is 0.131. The van der Waals surface area contributed by atoms with Gasteiger partial charge in [0.1, 0.15) is 11.5 Å². The first kappa shape index (κ1) is 15.8. The molecule has 2 aromatic rings. The van der Waals surface area contributed by atoms with Gasteiger partial charge in [0, 0.05) is 18.7 Å². The summed E-state index contributed by atoms with van der Waals surface area (Å²) < 4.78 is 5.89. The Morgan fingerprint density at radius 3 is 2.52 bits per heavy atom. The zero-order valence-corrected chi connectivity index (χ0v) is 12.9. The molecule has 0 aliphatic heterocycles. The second-order valence-corrected chi connectivity index (χ2v) is 5.61. The molecule has 2 atom stereocenters. The van der Waals surface area contributed by atoms with Crippen LogP contribution in [0.4, 0.5) is 0 Å². The number of furan rings is 1. The van der Waals surface area contributed by atoms with Crippen LogP contribution in [0.1, 0.15) is 18.7 Å². The largest absolute Gasteiger partial charge is 0.459 e. The van der Waals surface area contributed by atoms with E-state index in [1.165, 1.54) is 0 Å². The molecule has 0 radical (unpaired) electrons. The van der Waals surface area contributed by atoms with Crippen molar-refractivity contribution in [3.05, 3.63) is 48.2 Å². The Balaban J connectivity index is 1.92. The lowest BCUT2D eigenvalue weighted by atomic mass is 10.2. The van der Waals surface area contributed by atoms with E-state index in [0.717, 1.165) is 17.1 Å². The number of hydrogen-bond donors (Lipinski definition) is 2. The quantitative estimate of drug-likeness (QED) is 0.822. The standard InChI is InChI=1S/C17H24N2O2/c1-13(18-11-15(20)12-19(2)3)16-9-10-17(21-16)14-7-5-4-6-8-14/h4-10,13,15,18,20H,11-12H2,1-3H3. The highest BCUT2D eigenvalue weighted by Gasteiger charge is 2.13. The van der Waals surface area contributed by atoms with E-state index >= 15 is 0 Å². The van der Waals surface area contributed by atoms with Crippen LogP contribution in [0.2, 0.25) is 0 Å². The third-order valence-electron chi connectivity index (χ3n) is 3.35. The smallest absolute Gasteiger partial charge is 0.134 e. The van der Waals surface area contributed by atoms with Crippen LogP contribution in [-0.2, 0) is 0 Å². The highest BCUT2D eigenvalue weighted by Crippen LogP contribution is 2.24. The van der Waals surface area contributed by atoms with E-state index in [9.17, 15) is 5.11 Å². The maximum Gasteiger partial charge on any atom is 0.134 e. The summed E-state index contributed by atoms with van der Waals surface area (Å²) in [6.07, 6.45) is -0.383. The van der Waals surface area contributed by atoms with Gasteiger partial charge in [-0.05, 0) is 33.2 Å². The molecule has 0 fully saturated rings. The van der Waals surface area contributed by atoms with E-state index in [-0.39, 0.29) is 12.1 Å². The van der Waals surface area contributed by atoms with Gasteiger partial charge in [-0.2, -0.15) is 0 Å². The molecule has 0 aliphatic carbocycles. The Hall–Kier alpha value is -1.62. The average Bonchev–Trinajstić information content (AvgIpc) is 2.95. The molecule has 2 rings (SSSR count). The zero-order valence-electron chi connectivity index (χ0n) is 12.9. The van der Waals surface area contributed by atoms with E-state index in [4.69, 9.17) is 4.42 Å². The average molecular weight is 288 g/mol. The van der Waals surface area contributed by atoms with Crippen LogP contribution in [0.15, 0.2) is 46.9 Å². The summed E-state index contributed by atoms with van der Waals surface area (Å²) in [7, 11) is 3.90. The monoisotopic (exact) mass is 288 g/mol. The molecule has 21 heavy (non-hydrogen) atoms. The highest BCUT2D eigenvalue weighted by molar-refractivity contribution is 5.57. The van der Waals surface area contributed by atoms with Crippen LogP contribution < -0.4 is 5.32 Å². The first-order chi connectivity index (χ1) is 10.1. The molecule has 0 saturated carbocycles. The molecule has 0 aliphatic rings. The van der Waals surface area contributed by atoms with Crippen molar-refractivity contribution < 1.29 is 9.52 Å². The molecule has 4 heteroatoms. The van der Waals surface area contributed by atoms with E-state index < -0.39 is 0 Å². The van der Waals surface area contributed by atoms with Gasteiger partial charge in [-0.15, -0.1) is 0 Å². The number of hydrogen-bond acceptors (Lipinski definition) is 4. The Morgan fingerprint density at radius 2 is 1.86 bits per heavy atom. The second kappa shape index (κ2) is 7.41. The number of nitrogens with zero attached hydrogens (tertiary/aromatic N) is 1. The maximum atomic E-state index is 9.86. The predicted octanol–water partition coefficient (Wildman–Crippen LogP) is 2.52. The van der Waals surface area contributed by atoms with E-state index in [1.54, 1.807) is 0 Å². The van der Waals surface area contributed by atoms with Gasteiger partial charge in [0.05, 0.1) is 12.1 Å². The van der Waals surface area contributed by atoms with Gasteiger partial charge < -0.3 is 19.7 Å². The molecular formula is C17H24N2O2. The van der Waals surface area contributed by atoms with Crippen molar-refractivity contribution >= 4 is 0 Å². The number of likely N-dealkylation sites (N-methyl/N-ethyl adjacent to an activating group) is 1. The molecule has 0 bridgehead atoms. The normalized spacial score (nSPS) is 14.3. The first-order valence-electron chi connectivity index (χ1n) is 7.27. The summed E-state index contributed by atoms with van der Waals surface area (Å²) in [4.78, 5) is 1.97. The molecule has 0 spiro atoms. The zero-order chi connectivity index (χ0) is 15.2. The van der Waals surface area contributed by atoms with Crippen LogP contribution >= 0.6 is 0 Å². The minimum atomic E-state index is -0.383. The fourth-order valence-corrected chi connectivity index (χ4v) is 2.24. The maximum absolute atomic E-state index is 9.86. The minimum Gasteiger partial charge on any atom is -0.459 e. The summed E-state index contributed by atoms with van der Waals surface area (Å²) in [5, 5.41) is 13.2. The summed E-state index contributed by atoms with van der Waals surface area (Å²) >= 11 is 0. The van der Waals surface area contributed by atoms with Gasteiger partial charge in [-0.3, -0.25) is 0 Å². The summed E-state index contributed by atoms with van der Waals surface area (Å²) in [6, 6.07) is 14.1. The molecule has 4 nitrogen and oxygen atoms in total. The minimum absolute atomic E-state index is 0.0688. The van der Waals surface area contributed by atoms with Gasteiger partial charge >= 0.3 is 0 Å². The van der Waals surface area contributed by atoms with Crippen molar-refractivity contribution in [2.75, 3.05) is 27.2 Å². The van der Waals surface area contributed by atoms with Crippen molar-refractivity contribution in [2.24, 2.45) is 0 Å². The van der Waals surface area contributed by atoms with Crippen molar-refractivity contribution in [1.82, 2.24) is 10.2 Å². The second-order valence-electron chi connectivity index (χ2n) is 5.61. The molecule has 0 amide bonds. The molecule has 2 unspecified atom stereocenters. The van der Waals surface area contributed by atoms with Crippen LogP contribution in [0.3, 0.4) is 0 Å². The number of aliphatic hydroxyl groups excluding tert-OH is 1. The van der Waals surface area contributed by atoms with Crippen LogP contribution in [-0.4, -0.2) is 43.3 Å². The van der Waals surface area contributed by atoms with Gasteiger partial charge in [-0.1, -0.05) is 30.3 Å². The predicted molar refractivity (Wildman–Crippen MR) is 85.1 cm³/mol. The van der Waals surface area contributed by atoms with Crippen LogP contribution in [0, 0.1) is 0 Å². The van der Waals surface area contributed by atoms with Crippen LogP contribution in [0.25, 0.3) is 11.3 Å². The number of nitrogens with one attached hydrogen (secondary N) is 1.